The van der Waals surface area contributed by atoms with Gasteiger partial charge in [0.25, 0.3) is 0 Å². The summed E-state index contributed by atoms with van der Waals surface area (Å²) in [4.78, 5) is 14.8. The Kier molecular flexibility index (Phi) is 4.91. The Bertz CT molecular complexity index is 812. The summed E-state index contributed by atoms with van der Waals surface area (Å²) in [5.41, 5.74) is 2.11. The average molecular weight is 359 g/mol. The smallest absolute Gasteiger partial charge is 0.193 e. The van der Waals surface area contributed by atoms with Crippen LogP contribution in [-0.4, -0.2) is 46.2 Å². The first kappa shape index (κ1) is 16.4. The minimum Gasteiger partial charge on any atom is -0.381 e. The number of hydrogen-bond acceptors (Lipinski definition) is 7. The third-order valence-electron chi connectivity index (χ3n) is 4.24. The van der Waals surface area contributed by atoms with Crippen LogP contribution in [0.3, 0.4) is 0 Å². The van der Waals surface area contributed by atoms with E-state index in [4.69, 9.17) is 9.47 Å². The number of hydrogen-bond donors (Lipinski definition) is 1. The zero-order chi connectivity index (χ0) is 17.1. The highest BCUT2D eigenvalue weighted by Crippen LogP contribution is 2.25. The Morgan fingerprint density at radius 1 is 1.40 bits per heavy atom. The van der Waals surface area contributed by atoms with Crippen LogP contribution < -0.4 is 5.32 Å². The number of thiazole rings is 1. The maximum absolute atomic E-state index is 5.49. The molecule has 0 saturated carbocycles. The highest BCUT2D eigenvalue weighted by atomic mass is 32.1. The molecule has 0 unspecified atom stereocenters. The minimum atomic E-state index is 0.346. The largest absolute Gasteiger partial charge is 0.381 e. The molecule has 1 N–H and O–H groups in total. The van der Waals surface area contributed by atoms with Gasteiger partial charge in [-0.25, -0.2) is 15.0 Å². The van der Waals surface area contributed by atoms with E-state index in [2.05, 4.69) is 30.9 Å². The molecule has 4 heterocycles. The van der Waals surface area contributed by atoms with Crippen LogP contribution in [-0.2, 0) is 22.5 Å². The van der Waals surface area contributed by atoms with Gasteiger partial charge in [-0.1, -0.05) is 0 Å². The molecule has 8 heteroatoms. The van der Waals surface area contributed by atoms with Crippen LogP contribution >= 0.6 is 11.3 Å². The maximum Gasteiger partial charge on any atom is 0.193 e. The van der Waals surface area contributed by atoms with E-state index < -0.39 is 0 Å². The van der Waals surface area contributed by atoms with Gasteiger partial charge in [-0.2, -0.15) is 0 Å². The van der Waals surface area contributed by atoms with Crippen LogP contribution in [0, 0.1) is 0 Å². The second-order valence-corrected chi connectivity index (χ2v) is 6.96. The van der Waals surface area contributed by atoms with E-state index in [1.807, 2.05) is 17.6 Å². The van der Waals surface area contributed by atoms with E-state index in [9.17, 15) is 0 Å². The minimum absolute atomic E-state index is 0.346. The average Bonchev–Trinajstić information content (AvgIpc) is 3.32. The van der Waals surface area contributed by atoms with Gasteiger partial charge in [-0.15, -0.1) is 11.3 Å². The molecule has 0 spiro atoms. The van der Waals surface area contributed by atoms with Crippen molar-refractivity contribution in [2.24, 2.45) is 0 Å². The molecule has 1 aliphatic rings. The lowest BCUT2D eigenvalue weighted by atomic mass is 10.0. The van der Waals surface area contributed by atoms with Crippen molar-refractivity contribution in [3.05, 3.63) is 41.1 Å². The van der Waals surface area contributed by atoms with Crippen molar-refractivity contribution in [2.45, 2.75) is 25.4 Å². The van der Waals surface area contributed by atoms with Crippen molar-refractivity contribution < 1.29 is 9.47 Å². The Hall–Kier alpha value is -2.03. The van der Waals surface area contributed by atoms with E-state index in [1.165, 1.54) is 0 Å². The lowest BCUT2D eigenvalue weighted by Gasteiger charge is -2.12. The van der Waals surface area contributed by atoms with Gasteiger partial charge >= 0.3 is 0 Å². The van der Waals surface area contributed by atoms with Crippen LogP contribution in [0.15, 0.2) is 23.8 Å². The molecule has 3 aromatic heterocycles. The predicted octanol–water partition coefficient (Wildman–Crippen LogP) is 2.49. The molecular weight excluding hydrogens is 338 g/mol. The van der Waals surface area contributed by atoms with Crippen LogP contribution in [0.4, 0.5) is 5.82 Å². The monoisotopic (exact) mass is 359 g/mol. The Morgan fingerprint density at radius 3 is 3.16 bits per heavy atom. The lowest BCUT2D eigenvalue weighted by molar-refractivity contribution is 0.177. The summed E-state index contributed by atoms with van der Waals surface area (Å²) in [5.74, 6) is 1.89. The zero-order valence-electron chi connectivity index (χ0n) is 14.1. The number of rotatable bonds is 7. The summed E-state index contributed by atoms with van der Waals surface area (Å²) < 4.78 is 12.7. The number of ether oxygens (including phenoxy) is 2. The summed E-state index contributed by atoms with van der Waals surface area (Å²) in [6, 6.07) is 2.03. The van der Waals surface area contributed by atoms with Crippen LogP contribution in [0.5, 0.6) is 0 Å². The van der Waals surface area contributed by atoms with Gasteiger partial charge in [0, 0.05) is 56.4 Å². The van der Waals surface area contributed by atoms with Crippen molar-refractivity contribution in [1.29, 1.82) is 0 Å². The van der Waals surface area contributed by atoms with Crippen molar-refractivity contribution in [2.75, 3.05) is 32.2 Å². The van der Waals surface area contributed by atoms with E-state index in [0.717, 1.165) is 54.8 Å². The number of nitrogens with one attached hydrogen (secondary N) is 1. The fraction of sp³-hybridized carbons (Fsp3) is 0.471. The van der Waals surface area contributed by atoms with Gasteiger partial charge < -0.3 is 14.8 Å². The highest BCUT2D eigenvalue weighted by Gasteiger charge is 2.20. The molecule has 0 amide bonds. The molecule has 25 heavy (non-hydrogen) atoms. The van der Waals surface area contributed by atoms with Crippen LogP contribution in [0.2, 0.25) is 0 Å². The molecule has 0 aromatic carbocycles. The molecule has 0 radical (unpaired) electrons. The van der Waals surface area contributed by atoms with Crippen LogP contribution in [0.25, 0.3) is 4.96 Å². The predicted molar refractivity (Wildman–Crippen MR) is 96.2 cm³/mol. The second kappa shape index (κ2) is 7.47. The molecule has 4 rings (SSSR count). The fourth-order valence-electron chi connectivity index (χ4n) is 2.99. The Balaban J connectivity index is 1.43. The molecule has 132 valence electrons. The summed E-state index contributed by atoms with van der Waals surface area (Å²) >= 11 is 1.65. The first-order valence-electron chi connectivity index (χ1n) is 8.41. The highest BCUT2D eigenvalue weighted by molar-refractivity contribution is 7.15. The van der Waals surface area contributed by atoms with Gasteiger partial charge in [-0.3, -0.25) is 4.40 Å². The van der Waals surface area contributed by atoms with Crippen molar-refractivity contribution >= 4 is 22.1 Å². The van der Waals surface area contributed by atoms with E-state index in [1.54, 1.807) is 18.4 Å². The molecule has 3 aromatic rings. The molecule has 1 atom stereocenters. The normalized spacial score (nSPS) is 17.4. The van der Waals surface area contributed by atoms with Crippen LogP contribution in [0.1, 0.15) is 29.6 Å². The number of anilines is 1. The topological polar surface area (TPSA) is 73.6 Å². The molecule has 1 saturated heterocycles. The lowest BCUT2D eigenvalue weighted by Crippen LogP contribution is -2.12. The Morgan fingerprint density at radius 2 is 2.36 bits per heavy atom. The molecule has 0 aliphatic carbocycles. The van der Waals surface area contributed by atoms with E-state index in [-0.39, 0.29) is 0 Å². The number of fused-ring (bicyclic) bond motifs is 1. The number of methoxy groups -OCH3 is 1. The molecule has 7 nitrogen and oxygen atoms in total. The van der Waals surface area contributed by atoms with Crippen molar-refractivity contribution in [3.8, 4) is 0 Å². The second-order valence-electron chi connectivity index (χ2n) is 6.09. The molecule has 1 aliphatic heterocycles. The number of imidazole rings is 1. The third kappa shape index (κ3) is 3.81. The summed E-state index contributed by atoms with van der Waals surface area (Å²) in [6.07, 6.45) is 5.96. The van der Waals surface area contributed by atoms with Gasteiger partial charge in [-0.05, 0) is 6.42 Å². The fourth-order valence-corrected chi connectivity index (χ4v) is 3.71. The zero-order valence-corrected chi connectivity index (χ0v) is 15.0. The van der Waals surface area contributed by atoms with E-state index >= 15 is 0 Å². The molecular formula is C17H21N5O2S. The first-order chi connectivity index (χ1) is 12.3. The number of aromatic nitrogens is 4. The van der Waals surface area contributed by atoms with Gasteiger partial charge in [0.05, 0.1) is 18.0 Å². The van der Waals surface area contributed by atoms with Gasteiger partial charge in [0.15, 0.2) is 10.8 Å². The van der Waals surface area contributed by atoms with Gasteiger partial charge in [0.1, 0.15) is 12.4 Å². The summed E-state index contributed by atoms with van der Waals surface area (Å²) in [6.45, 7) is 2.71. The Labute approximate surface area is 150 Å². The summed E-state index contributed by atoms with van der Waals surface area (Å²) in [7, 11) is 1.66. The number of nitrogens with zero attached hydrogens (tertiary/aromatic N) is 4. The van der Waals surface area contributed by atoms with Crippen molar-refractivity contribution in [3.63, 3.8) is 0 Å². The third-order valence-corrected chi connectivity index (χ3v) is 5.01. The SMILES string of the molecule is COCc1nc(NCCc2cn3ccsc3n2)cc([C@H]2CCOC2)n1. The van der Waals surface area contributed by atoms with Gasteiger partial charge in [0.2, 0.25) is 0 Å². The molecule has 0 bridgehead atoms. The quantitative estimate of drug-likeness (QED) is 0.699. The maximum atomic E-state index is 5.49. The standard InChI is InChI=1S/C17H21N5O2S/c1-23-11-16-20-14(12-3-6-24-10-12)8-15(21-16)18-4-2-13-9-22-5-7-25-17(22)19-13/h5,7-9,12H,2-4,6,10-11H2,1H3,(H,18,20,21)/t12-/m0/s1. The van der Waals surface area contributed by atoms with Crippen molar-refractivity contribution in [1.82, 2.24) is 19.4 Å². The van der Waals surface area contributed by atoms with E-state index in [0.29, 0.717) is 18.3 Å². The molecule has 1 fully saturated rings. The summed E-state index contributed by atoms with van der Waals surface area (Å²) in [5, 5.41) is 5.44. The first-order valence-corrected chi connectivity index (χ1v) is 9.29.